The van der Waals surface area contributed by atoms with E-state index in [4.69, 9.17) is 0 Å². The van der Waals surface area contributed by atoms with Gasteiger partial charge in [0.25, 0.3) is 0 Å². The Hall–Kier alpha value is -1.83. The molecule has 0 saturated heterocycles. The van der Waals surface area contributed by atoms with E-state index in [2.05, 4.69) is 20.6 Å². The number of anilines is 3. The summed E-state index contributed by atoms with van der Waals surface area (Å²) < 4.78 is 38.7. The first-order valence-electron chi connectivity index (χ1n) is 6.02. The molecule has 20 heavy (non-hydrogen) atoms. The van der Waals surface area contributed by atoms with Crippen molar-refractivity contribution in [2.75, 3.05) is 10.6 Å². The molecule has 0 amide bonds. The van der Waals surface area contributed by atoms with Gasteiger partial charge in [0.05, 0.1) is 5.69 Å². The van der Waals surface area contributed by atoms with Gasteiger partial charge in [0.2, 0.25) is 5.95 Å². The second kappa shape index (κ2) is 4.93. The number of alkyl halides is 3. The summed E-state index contributed by atoms with van der Waals surface area (Å²) in [5.74, 6) is -0.00715. The Morgan fingerprint density at radius 1 is 1.30 bits per heavy atom. The predicted octanol–water partition coefficient (Wildman–Crippen LogP) is 3.87. The molecule has 2 aromatic rings. The summed E-state index contributed by atoms with van der Waals surface area (Å²) >= 11 is 1.48. The van der Waals surface area contributed by atoms with Crippen LogP contribution in [-0.4, -0.2) is 16.0 Å². The van der Waals surface area contributed by atoms with Crippen LogP contribution in [0.25, 0.3) is 0 Å². The van der Waals surface area contributed by atoms with Gasteiger partial charge in [0.1, 0.15) is 11.4 Å². The van der Waals surface area contributed by atoms with Crippen LogP contribution in [0.1, 0.15) is 18.4 Å². The van der Waals surface area contributed by atoms with E-state index in [0.29, 0.717) is 0 Å². The maximum Gasteiger partial charge on any atom is 0.421 e. The van der Waals surface area contributed by atoms with E-state index in [0.717, 1.165) is 24.7 Å². The van der Waals surface area contributed by atoms with Gasteiger partial charge in [0.15, 0.2) is 0 Å². The topological polar surface area (TPSA) is 49.8 Å². The molecule has 0 bridgehead atoms. The van der Waals surface area contributed by atoms with Gasteiger partial charge in [-0.3, -0.25) is 0 Å². The maximum atomic E-state index is 12.9. The van der Waals surface area contributed by atoms with Crippen LogP contribution in [0.5, 0.6) is 0 Å². The summed E-state index contributed by atoms with van der Waals surface area (Å²) in [6.45, 7) is 0. The van der Waals surface area contributed by atoms with Crippen LogP contribution < -0.4 is 10.6 Å². The molecule has 0 unspecified atom stereocenters. The standard InChI is InChI=1S/C12H11F3N4S/c13-12(14,15)9-5-16-11(18-8-3-4-20-6-8)19-10(9)17-7-1-2-7/h3-7H,1-2H2,(H2,16,17,18,19). The zero-order valence-corrected chi connectivity index (χ0v) is 11.1. The molecule has 1 aliphatic carbocycles. The minimum absolute atomic E-state index is 0.0833. The van der Waals surface area contributed by atoms with Gasteiger partial charge < -0.3 is 10.6 Å². The molecule has 0 aromatic carbocycles. The summed E-state index contributed by atoms with van der Waals surface area (Å²) in [7, 11) is 0. The van der Waals surface area contributed by atoms with Crippen molar-refractivity contribution in [3.8, 4) is 0 Å². The van der Waals surface area contributed by atoms with Gasteiger partial charge in [-0.15, -0.1) is 0 Å². The van der Waals surface area contributed by atoms with Crippen LogP contribution in [0.4, 0.5) is 30.6 Å². The van der Waals surface area contributed by atoms with Crippen LogP contribution in [0.2, 0.25) is 0 Å². The molecule has 1 aliphatic rings. The highest BCUT2D eigenvalue weighted by Crippen LogP contribution is 2.36. The van der Waals surface area contributed by atoms with Crippen LogP contribution in [0.3, 0.4) is 0 Å². The number of rotatable bonds is 4. The lowest BCUT2D eigenvalue weighted by Gasteiger charge is -2.14. The zero-order valence-electron chi connectivity index (χ0n) is 10.2. The van der Waals surface area contributed by atoms with Crippen LogP contribution in [0.15, 0.2) is 23.0 Å². The molecule has 1 saturated carbocycles. The molecule has 0 aliphatic heterocycles. The zero-order chi connectivity index (χ0) is 14.2. The maximum absolute atomic E-state index is 12.9. The number of hydrogen-bond donors (Lipinski definition) is 2. The first-order chi connectivity index (χ1) is 9.52. The van der Waals surface area contributed by atoms with Gasteiger partial charge in [-0.25, -0.2) is 4.98 Å². The van der Waals surface area contributed by atoms with Crippen LogP contribution >= 0.6 is 11.3 Å². The number of nitrogens with zero attached hydrogens (tertiary/aromatic N) is 2. The summed E-state index contributed by atoms with van der Waals surface area (Å²) in [6.07, 6.45) is -1.91. The third-order valence-corrected chi connectivity index (χ3v) is 3.47. The molecule has 8 heteroatoms. The Balaban J connectivity index is 1.89. The average Bonchev–Trinajstić information content (AvgIpc) is 3.02. The molecule has 0 spiro atoms. The summed E-state index contributed by atoms with van der Waals surface area (Å²) in [5, 5.41) is 9.37. The minimum atomic E-state index is -4.46. The summed E-state index contributed by atoms with van der Waals surface area (Å²) in [4.78, 5) is 7.68. The van der Waals surface area contributed by atoms with E-state index in [1.54, 1.807) is 6.07 Å². The SMILES string of the molecule is FC(F)(F)c1cnc(Nc2ccsc2)nc1NC1CC1. The molecule has 0 radical (unpaired) electrons. The van der Waals surface area contributed by atoms with E-state index >= 15 is 0 Å². The van der Waals surface area contributed by atoms with Crippen molar-refractivity contribution >= 4 is 28.8 Å². The van der Waals surface area contributed by atoms with E-state index in [-0.39, 0.29) is 17.8 Å². The number of aromatic nitrogens is 2. The second-order valence-corrected chi connectivity index (χ2v) is 5.29. The van der Waals surface area contributed by atoms with E-state index < -0.39 is 11.7 Å². The molecule has 106 valence electrons. The normalized spacial score (nSPS) is 15.2. The molecule has 4 nitrogen and oxygen atoms in total. The smallest absolute Gasteiger partial charge is 0.367 e. The molecular formula is C12H11F3N4S. The number of nitrogens with one attached hydrogen (secondary N) is 2. The largest absolute Gasteiger partial charge is 0.421 e. The molecular weight excluding hydrogens is 289 g/mol. The molecule has 2 heterocycles. The first kappa shape index (κ1) is 13.2. The van der Waals surface area contributed by atoms with Crippen molar-refractivity contribution in [3.05, 3.63) is 28.6 Å². The lowest BCUT2D eigenvalue weighted by molar-refractivity contribution is -0.137. The molecule has 1 fully saturated rings. The number of hydrogen-bond acceptors (Lipinski definition) is 5. The Labute approximate surface area is 117 Å². The third kappa shape index (κ3) is 3.01. The lowest BCUT2D eigenvalue weighted by atomic mass is 10.3. The Bertz CT molecular complexity index is 593. The fourth-order valence-corrected chi connectivity index (χ4v) is 2.23. The van der Waals surface area contributed by atoms with Gasteiger partial charge in [-0.1, -0.05) is 0 Å². The Morgan fingerprint density at radius 3 is 2.70 bits per heavy atom. The second-order valence-electron chi connectivity index (χ2n) is 4.51. The van der Waals surface area contributed by atoms with Crippen LogP contribution in [-0.2, 0) is 6.18 Å². The van der Waals surface area contributed by atoms with E-state index in [1.165, 1.54) is 11.3 Å². The lowest BCUT2D eigenvalue weighted by Crippen LogP contribution is -2.15. The monoisotopic (exact) mass is 300 g/mol. The Kier molecular flexibility index (Phi) is 3.25. The summed E-state index contributed by atoms with van der Waals surface area (Å²) in [5.41, 5.74) is -0.0765. The minimum Gasteiger partial charge on any atom is -0.367 e. The fourth-order valence-electron chi connectivity index (χ4n) is 1.65. The van der Waals surface area contributed by atoms with Gasteiger partial charge in [-0.05, 0) is 24.3 Å². The highest BCUT2D eigenvalue weighted by molar-refractivity contribution is 7.08. The average molecular weight is 300 g/mol. The van der Waals surface area contributed by atoms with Crippen molar-refractivity contribution < 1.29 is 13.2 Å². The van der Waals surface area contributed by atoms with Crippen molar-refractivity contribution in [2.45, 2.75) is 25.1 Å². The van der Waals surface area contributed by atoms with Crippen LogP contribution in [0, 0.1) is 0 Å². The Morgan fingerprint density at radius 2 is 2.10 bits per heavy atom. The van der Waals surface area contributed by atoms with Gasteiger partial charge >= 0.3 is 6.18 Å². The molecule has 3 rings (SSSR count). The summed E-state index contributed by atoms with van der Waals surface area (Å²) in [6, 6.07) is 1.89. The first-order valence-corrected chi connectivity index (χ1v) is 6.96. The van der Waals surface area contributed by atoms with Crippen molar-refractivity contribution in [1.82, 2.24) is 9.97 Å². The molecule has 2 aromatic heterocycles. The van der Waals surface area contributed by atoms with Crippen molar-refractivity contribution in [2.24, 2.45) is 0 Å². The fraction of sp³-hybridized carbons (Fsp3) is 0.333. The van der Waals surface area contributed by atoms with E-state index in [1.807, 2.05) is 10.8 Å². The highest BCUT2D eigenvalue weighted by Gasteiger charge is 2.36. The van der Waals surface area contributed by atoms with Gasteiger partial charge in [0, 0.05) is 17.6 Å². The highest BCUT2D eigenvalue weighted by atomic mass is 32.1. The third-order valence-electron chi connectivity index (χ3n) is 2.79. The molecule has 2 N–H and O–H groups in total. The number of thiophene rings is 1. The van der Waals surface area contributed by atoms with Gasteiger partial charge in [-0.2, -0.15) is 29.5 Å². The van der Waals surface area contributed by atoms with Crippen molar-refractivity contribution in [3.63, 3.8) is 0 Å². The van der Waals surface area contributed by atoms with Crippen molar-refractivity contribution in [1.29, 1.82) is 0 Å². The molecule has 0 atom stereocenters. The van der Waals surface area contributed by atoms with E-state index in [9.17, 15) is 13.2 Å². The quantitative estimate of drug-likeness (QED) is 0.900. The predicted molar refractivity (Wildman–Crippen MR) is 71.3 cm³/mol. The number of halogens is 3.